The van der Waals surface area contributed by atoms with Crippen molar-refractivity contribution in [2.75, 3.05) is 13.2 Å². The van der Waals surface area contributed by atoms with E-state index in [-0.39, 0.29) is 23.7 Å². The van der Waals surface area contributed by atoms with Crippen molar-refractivity contribution in [1.29, 1.82) is 0 Å². The first-order chi connectivity index (χ1) is 10.2. The van der Waals surface area contributed by atoms with Crippen LogP contribution in [-0.2, 0) is 10.2 Å². The summed E-state index contributed by atoms with van der Waals surface area (Å²) >= 11 is 0. The second-order valence-electron chi connectivity index (χ2n) is 6.88. The van der Waals surface area contributed by atoms with E-state index < -0.39 is 0 Å². The highest BCUT2D eigenvalue weighted by molar-refractivity contribution is 5.26. The average Bonchev–Trinajstić information content (AvgIpc) is 3.16. The monoisotopic (exact) mass is 289 g/mol. The van der Waals surface area contributed by atoms with Gasteiger partial charge in [-0.05, 0) is 37.7 Å². The van der Waals surface area contributed by atoms with Crippen LogP contribution in [0.2, 0.25) is 0 Å². The highest BCUT2D eigenvalue weighted by atomic mass is 16.5. The molecule has 2 aliphatic rings. The summed E-state index contributed by atoms with van der Waals surface area (Å²) in [4.78, 5) is 0. The minimum atomic E-state index is -0.365. The van der Waals surface area contributed by atoms with E-state index in [2.05, 4.69) is 12.1 Å². The first-order valence-electron chi connectivity index (χ1n) is 8.26. The number of hydrogen-bond acceptors (Lipinski definition) is 3. The molecule has 2 atom stereocenters. The quantitative estimate of drug-likeness (QED) is 0.876. The van der Waals surface area contributed by atoms with Gasteiger partial charge in [0.05, 0.1) is 18.3 Å². The van der Waals surface area contributed by atoms with Gasteiger partial charge in [-0.2, -0.15) is 0 Å². The number of ether oxygens (including phenoxy) is 1. The number of aliphatic hydroxyl groups excluding tert-OH is 1. The smallest absolute Gasteiger partial charge is 0.0687 e. The van der Waals surface area contributed by atoms with Gasteiger partial charge in [-0.25, -0.2) is 0 Å². The van der Waals surface area contributed by atoms with Crippen LogP contribution in [0.15, 0.2) is 30.3 Å². The standard InChI is InChI=1S/C18H27NO2/c19-13-17(14-20,15-6-2-1-3-7-15)12-16-8-11-18(21-16)9-4-5-10-18/h1-3,6-7,16,20H,4-5,8-14,19H2. The van der Waals surface area contributed by atoms with Gasteiger partial charge in [-0.1, -0.05) is 43.2 Å². The normalized spacial score (nSPS) is 27.0. The molecule has 0 bridgehead atoms. The van der Waals surface area contributed by atoms with Crippen LogP contribution in [0.25, 0.3) is 0 Å². The zero-order chi connectivity index (χ0) is 14.8. The lowest BCUT2D eigenvalue weighted by atomic mass is 9.76. The van der Waals surface area contributed by atoms with E-state index in [4.69, 9.17) is 10.5 Å². The fraction of sp³-hybridized carbons (Fsp3) is 0.667. The molecule has 1 aliphatic heterocycles. The maximum absolute atomic E-state index is 10.0. The SMILES string of the molecule is NCC(CO)(CC1CCC2(CCCC2)O1)c1ccccc1. The summed E-state index contributed by atoms with van der Waals surface area (Å²) in [6.45, 7) is 0.542. The van der Waals surface area contributed by atoms with Gasteiger partial charge in [0.2, 0.25) is 0 Å². The van der Waals surface area contributed by atoms with Gasteiger partial charge >= 0.3 is 0 Å². The van der Waals surface area contributed by atoms with Crippen molar-refractivity contribution in [3.63, 3.8) is 0 Å². The fourth-order valence-electron chi connectivity index (χ4n) is 4.19. The zero-order valence-corrected chi connectivity index (χ0v) is 12.8. The second kappa shape index (κ2) is 6.07. The molecular weight excluding hydrogens is 262 g/mol. The summed E-state index contributed by atoms with van der Waals surface area (Å²) in [6.07, 6.45) is 8.37. The molecule has 1 spiro atoms. The van der Waals surface area contributed by atoms with E-state index in [1.807, 2.05) is 18.2 Å². The molecular formula is C18H27NO2. The maximum Gasteiger partial charge on any atom is 0.0687 e. The van der Waals surface area contributed by atoms with Crippen LogP contribution in [0, 0.1) is 0 Å². The minimum absolute atomic E-state index is 0.0837. The van der Waals surface area contributed by atoms with Crippen LogP contribution in [0.4, 0.5) is 0 Å². The van der Waals surface area contributed by atoms with Crippen LogP contribution in [0.3, 0.4) is 0 Å². The highest BCUT2D eigenvalue weighted by Gasteiger charge is 2.45. The number of rotatable bonds is 5. The Hall–Kier alpha value is -0.900. The lowest BCUT2D eigenvalue weighted by molar-refractivity contribution is -0.0496. The van der Waals surface area contributed by atoms with Crippen LogP contribution < -0.4 is 5.73 Å². The third-order valence-corrected chi connectivity index (χ3v) is 5.55. The van der Waals surface area contributed by atoms with Crippen molar-refractivity contribution in [3.8, 4) is 0 Å². The van der Waals surface area contributed by atoms with Crippen molar-refractivity contribution in [1.82, 2.24) is 0 Å². The van der Waals surface area contributed by atoms with Crippen molar-refractivity contribution < 1.29 is 9.84 Å². The summed E-state index contributed by atoms with van der Waals surface area (Å²) in [7, 11) is 0. The van der Waals surface area contributed by atoms with Gasteiger partial charge in [0, 0.05) is 12.0 Å². The van der Waals surface area contributed by atoms with E-state index in [0.29, 0.717) is 6.54 Å². The zero-order valence-electron chi connectivity index (χ0n) is 12.8. The topological polar surface area (TPSA) is 55.5 Å². The molecule has 1 aromatic carbocycles. The summed E-state index contributed by atoms with van der Waals surface area (Å²) in [5, 5.41) is 10.0. The Balaban J connectivity index is 1.74. The summed E-state index contributed by atoms with van der Waals surface area (Å²) < 4.78 is 6.42. The fourth-order valence-corrected chi connectivity index (χ4v) is 4.19. The van der Waals surface area contributed by atoms with Crippen LogP contribution in [0.5, 0.6) is 0 Å². The van der Waals surface area contributed by atoms with Gasteiger partial charge in [-0.3, -0.25) is 0 Å². The van der Waals surface area contributed by atoms with Crippen LogP contribution >= 0.6 is 0 Å². The molecule has 0 amide bonds. The summed E-state index contributed by atoms with van der Waals surface area (Å²) in [5.41, 5.74) is 6.97. The lowest BCUT2D eigenvalue weighted by Crippen LogP contribution is -2.42. The van der Waals surface area contributed by atoms with Gasteiger partial charge in [-0.15, -0.1) is 0 Å². The molecule has 1 aliphatic carbocycles. The molecule has 1 saturated carbocycles. The Morgan fingerprint density at radius 3 is 2.52 bits per heavy atom. The largest absolute Gasteiger partial charge is 0.395 e. The number of benzene rings is 1. The highest BCUT2D eigenvalue weighted by Crippen LogP contribution is 2.45. The minimum Gasteiger partial charge on any atom is -0.395 e. The second-order valence-corrected chi connectivity index (χ2v) is 6.88. The first-order valence-corrected chi connectivity index (χ1v) is 8.26. The third-order valence-electron chi connectivity index (χ3n) is 5.55. The molecule has 1 saturated heterocycles. The Labute approximate surface area is 127 Å². The third kappa shape index (κ3) is 2.87. The molecule has 3 nitrogen and oxygen atoms in total. The van der Waals surface area contributed by atoms with Crippen molar-refractivity contribution in [2.45, 2.75) is 62.1 Å². The molecule has 21 heavy (non-hydrogen) atoms. The van der Waals surface area contributed by atoms with Gasteiger partial charge in [0.15, 0.2) is 0 Å². The van der Waals surface area contributed by atoms with Crippen molar-refractivity contribution in [3.05, 3.63) is 35.9 Å². The Morgan fingerprint density at radius 1 is 1.19 bits per heavy atom. The molecule has 1 aromatic rings. The number of aliphatic hydroxyl groups is 1. The molecule has 3 heteroatoms. The predicted molar refractivity (Wildman–Crippen MR) is 84.2 cm³/mol. The Bertz CT molecular complexity index is 450. The summed E-state index contributed by atoms with van der Waals surface area (Å²) in [5.74, 6) is 0. The first kappa shape index (κ1) is 15.0. The van der Waals surface area contributed by atoms with E-state index in [0.717, 1.165) is 18.4 Å². The molecule has 0 radical (unpaired) electrons. The predicted octanol–water partition coefficient (Wildman–Crippen LogP) is 2.76. The van der Waals surface area contributed by atoms with E-state index in [1.165, 1.54) is 32.1 Å². The van der Waals surface area contributed by atoms with Crippen LogP contribution in [-0.4, -0.2) is 30.0 Å². The van der Waals surface area contributed by atoms with Gasteiger partial charge in [0.1, 0.15) is 0 Å². The summed E-state index contributed by atoms with van der Waals surface area (Å²) in [6, 6.07) is 10.2. The Morgan fingerprint density at radius 2 is 1.90 bits per heavy atom. The lowest BCUT2D eigenvalue weighted by Gasteiger charge is -2.34. The molecule has 2 unspecified atom stereocenters. The number of nitrogens with two attached hydrogens (primary N) is 1. The average molecular weight is 289 g/mol. The van der Waals surface area contributed by atoms with Gasteiger partial charge < -0.3 is 15.6 Å². The Kier molecular flexibility index (Phi) is 4.34. The van der Waals surface area contributed by atoms with E-state index >= 15 is 0 Å². The molecule has 2 fully saturated rings. The molecule has 3 N–H and O–H groups in total. The molecule has 116 valence electrons. The van der Waals surface area contributed by atoms with Crippen molar-refractivity contribution >= 4 is 0 Å². The number of hydrogen-bond donors (Lipinski definition) is 2. The molecule has 1 heterocycles. The van der Waals surface area contributed by atoms with Crippen LogP contribution in [0.1, 0.15) is 50.5 Å². The van der Waals surface area contributed by atoms with Gasteiger partial charge in [0.25, 0.3) is 0 Å². The molecule has 0 aromatic heterocycles. The van der Waals surface area contributed by atoms with E-state index in [1.54, 1.807) is 0 Å². The molecule has 3 rings (SSSR count). The van der Waals surface area contributed by atoms with Crippen molar-refractivity contribution in [2.24, 2.45) is 5.73 Å². The van der Waals surface area contributed by atoms with E-state index in [9.17, 15) is 5.11 Å². The maximum atomic E-state index is 10.0.